The molecule has 2 aromatic rings. The largest absolute Gasteiger partial charge is 0.482 e. The number of benzene rings is 2. The number of methoxy groups -OCH3 is 1. The van der Waals surface area contributed by atoms with Gasteiger partial charge in [-0.2, -0.15) is 0 Å². The van der Waals surface area contributed by atoms with Crippen molar-refractivity contribution < 1.29 is 27.5 Å². The molecule has 0 unspecified atom stereocenters. The Morgan fingerprint density at radius 3 is 2.31 bits per heavy atom. The van der Waals surface area contributed by atoms with Crippen LogP contribution >= 0.6 is 11.6 Å². The molecule has 1 amide bonds. The minimum absolute atomic E-state index is 0.157. The molecule has 0 aliphatic heterocycles. The molecule has 0 heterocycles. The lowest BCUT2D eigenvalue weighted by Gasteiger charge is -2.10. The van der Waals surface area contributed by atoms with Gasteiger partial charge in [0.2, 0.25) is 0 Å². The fourth-order valence-electron chi connectivity index (χ4n) is 1.99. The van der Waals surface area contributed by atoms with Crippen molar-refractivity contribution in [2.24, 2.45) is 0 Å². The maximum Gasteiger partial charge on any atom is 0.337 e. The molecule has 0 fully saturated rings. The number of amides is 1. The molecule has 138 valence electrons. The Kier molecular flexibility index (Phi) is 6.23. The van der Waals surface area contributed by atoms with E-state index in [0.29, 0.717) is 5.69 Å². The molecule has 1 N–H and O–H groups in total. The molecule has 2 rings (SSSR count). The van der Waals surface area contributed by atoms with Gasteiger partial charge in [0.05, 0.1) is 22.6 Å². The Bertz CT molecular complexity index is 925. The zero-order valence-corrected chi connectivity index (χ0v) is 15.6. The van der Waals surface area contributed by atoms with Crippen LogP contribution in [-0.4, -0.2) is 40.3 Å². The van der Waals surface area contributed by atoms with Gasteiger partial charge in [-0.1, -0.05) is 11.6 Å². The second kappa shape index (κ2) is 8.20. The molecule has 7 nitrogen and oxygen atoms in total. The fraction of sp³-hybridized carbons (Fsp3) is 0.176. The van der Waals surface area contributed by atoms with Gasteiger partial charge in [-0.15, -0.1) is 0 Å². The highest BCUT2D eigenvalue weighted by Crippen LogP contribution is 2.25. The Labute approximate surface area is 155 Å². The van der Waals surface area contributed by atoms with E-state index in [1.54, 1.807) is 0 Å². The van der Waals surface area contributed by atoms with Crippen molar-refractivity contribution in [1.29, 1.82) is 0 Å². The highest BCUT2D eigenvalue weighted by molar-refractivity contribution is 7.90. The summed E-state index contributed by atoms with van der Waals surface area (Å²) in [6.45, 7) is -0.314. The van der Waals surface area contributed by atoms with Gasteiger partial charge < -0.3 is 14.8 Å². The van der Waals surface area contributed by atoms with Crippen molar-refractivity contribution in [3.05, 3.63) is 53.1 Å². The van der Waals surface area contributed by atoms with Crippen molar-refractivity contribution >= 4 is 39.0 Å². The molecular formula is C17H16ClNO6S. The van der Waals surface area contributed by atoms with E-state index in [2.05, 4.69) is 10.1 Å². The topological polar surface area (TPSA) is 98.8 Å². The first kappa shape index (κ1) is 19.7. The summed E-state index contributed by atoms with van der Waals surface area (Å²) in [7, 11) is -2.04. The zero-order valence-electron chi connectivity index (χ0n) is 14.0. The zero-order chi connectivity index (χ0) is 19.3. The van der Waals surface area contributed by atoms with Crippen LogP contribution in [0.5, 0.6) is 5.75 Å². The molecule has 26 heavy (non-hydrogen) atoms. The Hall–Kier alpha value is -2.58. The van der Waals surface area contributed by atoms with Gasteiger partial charge in [0.25, 0.3) is 5.91 Å². The van der Waals surface area contributed by atoms with E-state index in [1.165, 1.54) is 49.6 Å². The predicted molar refractivity (Wildman–Crippen MR) is 96.5 cm³/mol. The third-order valence-corrected chi connectivity index (χ3v) is 4.70. The standard InChI is InChI=1S/C17H16ClNO6S/c1-24-17(21)11-3-8-15(14(18)9-11)25-10-16(20)19-12-4-6-13(7-5-12)26(2,22)23/h3-9H,10H2,1-2H3,(H,19,20). The number of carbonyl (C=O) groups excluding carboxylic acids is 2. The number of rotatable bonds is 6. The van der Waals surface area contributed by atoms with Gasteiger partial charge in [-0.05, 0) is 42.5 Å². The summed E-state index contributed by atoms with van der Waals surface area (Å²) >= 11 is 6.01. The van der Waals surface area contributed by atoms with Crippen LogP contribution in [0.4, 0.5) is 5.69 Å². The number of carbonyl (C=O) groups is 2. The summed E-state index contributed by atoms with van der Waals surface area (Å²) in [6, 6.07) is 10.1. The number of hydrogen-bond acceptors (Lipinski definition) is 6. The highest BCUT2D eigenvalue weighted by Gasteiger charge is 2.12. The van der Waals surface area contributed by atoms with E-state index in [-0.39, 0.29) is 27.8 Å². The van der Waals surface area contributed by atoms with Crippen LogP contribution in [0, 0.1) is 0 Å². The molecule has 0 radical (unpaired) electrons. The summed E-state index contributed by atoms with van der Waals surface area (Å²) in [5, 5.41) is 2.74. The summed E-state index contributed by atoms with van der Waals surface area (Å²) in [4.78, 5) is 23.5. The number of ether oxygens (including phenoxy) is 2. The van der Waals surface area contributed by atoms with Gasteiger partial charge in [-0.25, -0.2) is 13.2 Å². The SMILES string of the molecule is COC(=O)c1ccc(OCC(=O)Nc2ccc(S(C)(=O)=O)cc2)c(Cl)c1. The number of halogens is 1. The number of hydrogen-bond donors (Lipinski definition) is 1. The van der Waals surface area contributed by atoms with Crippen LogP contribution in [0.1, 0.15) is 10.4 Å². The Morgan fingerprint density at radius 1 is 1.12 bits per heavy atom. The van der Waals surface area contributed by atoms with Gasteiger partial charge in [-0.3, -0.25) is 4.79 Å². The molecule has 0 saturated carbocycles. The Balaban J connectivity index is 1.95. The molecule has 2 aromatic carbocycles. The first-order valence-electron chi connectivity index (χ1n) is 7.31. The highest BCUT2D eigenvalue weighted by atomic mass is 35.5. The average Bonchev–Trinajstić information content (AvgIpc) is 2.59. The monoisotopic (exact) mass is 397 g/mol. The first-order chi connectivity index (χ1) is 12.2. The van der Waals surface area contributed by atoms with E-state index in [9.17, 15) is 18.0 Å². The Morgan fingerprint density at radius 2 is 1.77 bits per heavy atom. The normalized spacial score (nSPS) is 10.9. The molecule has 0 spiro atoms. The van der Waals surface area contributed by atoms with Crippen LogP contribution in [0.25, 0.3) is 0 Å². The summed E-state index contributed by atoms with van der Waals surface area (Å²) in [6.07, 6.45) is 1.10. The third kappa shape index (κ3) is 5.21. The van der Waals surface area contributed by atoms with Crippen LogP contribution in [0.15, 0.2) is 47.4 Å². The predicted octanol–water partition coefficient (Wildman–Crippen LogP) is 2.55. The summed E-state index contributed by atoms with van der Waals surface area (Å²) in [5.41, 5.74) is 0.693. The summed E-state index contributed by atoms with van der Waals surface area (Å²) < 4.78 is 32.7. The van der Waals surface area contributed by atoms with Gasteiger partial charge in [0, 0.05) is 11.9 Å². The number of nitrogens with one attached hydrogen (secondary N) is 1. The van der Waals surface area contributed by atoms with Crippen molar-refractivity contribution in [3.8, 4) is 5.75 Å². The van der Waals surface area contributed by atoms with E-state index in [1.807, 2.05) is 0 Å². The molecule has 0 bridgehead atoms. The number of anilines is 1. The molecule has 0 aromatic heterocycles. The van der Waals surface area contributed by atoms with Crippen molar-refractivity contribution in [1.82, 2.24) is 0 Å². The van der Waals surface area contributed by atoms with Gasteiger partial charge >= 0.3 is 5.97 Å². The van der Waals surface area contributed by atoms with E-state index >= 15 is 0 Å². The second-order valence-corrected chi connectivity index (χ2v) is 7.69. The molecule has 0 saturated heterocycles. The molecular weight excluding hydrogens is 382 g/mol. The van der Waals surface area contributed by atoms with Crippen molar-refractivity contribution in [2.45, 2.75) is 4.90 Å². The van der Waals surface area contributed by atoms with Crippen molar-refractivity contribution in [2.75, 3.05) is 25.3 Å². The minimum Gasteiger partial charge on any atom is -0.482 e. The molecule has 0 atom stereocenters. The first-order valence-corrected chi connectivity index (χ1v) is 9.58. The minimum atomic E-state index is -3.30. The maximum atomic E-state index is 11.9. The molecule has 0 aliphatic carbocycles. The van der Waals surface area contributed by atoms with Crippen LogP contribution in [0.3, 0.4) is 0 Å². The molecule has 0 aliphatic rings. The molecule has 9 heteroatoms. The second-order valence-electron chi connectivity index (χ2n) is 5.27. The van der Waals surface area contributed by atoms with Crippen LogP contribution in [0.2, 0.25) is 5.02 Å². The van der Waals surface area contributed by atoms with Crippen molar-refractivity contribution in [3.63, 3.8) is 0 Å². The third-order valence-electron chi connectivity index (χ3n) is 3.28. The quantitative estimate of drug-likeness (QED) is 0.752. The van der Waals surface area contributed by atoms with E-state index in [0.717, 1.165) is 6.26 Å². The maximum absolute atomic E-state index is 11.9. The van der Waals surface area contributed by atoms with E-state index < -0.39 is 21.7 Å². The summed E-state index contributed by atoms with van der Waals surface area (Å²) in [5.74, 6) is -0.749. The van der Waals surface area contributed by atoms with Gasteiger partial charge in [0.15, 0.2) is 16.4 Å². The lowest BCUT2D eigenvalue weighted by Crippen LogP contribution is -2.20. The van der Waals surface area contributed by atoms with E-state index in [4.69, 9.17) is 16.3 Å². The number of sulfone groups is 1. The van der Waals surface area contributed by atoms with Gasteiger partial charge in [0.1, 0.15) is 5.75 Å². The number of esters is 1. The smallest absolute Gasteiger partial charge is 0.337 e. The lowest BCUT2D eigenvalue weighted by molar-refractivity contribution is -0.118. The fourth-order valence-corrected chi connectivity index (χ4v) is 2.85. The van der Waals surface area contributed by atoms with Crippen LogP contribution < -0.4 is 10.1 Å². The average molecular weight is 398 g/mol. The van der Waals surface area contributed by atoms with Crippen LogP contribution in [-0.2, 0) is 19.4 Å². The lowest BCUT2D eigenvalue weighted by atomic mass is 10.2.